The number of nitrogens with two attached hydrogens (primary N) is 1. The quantitative estimate of drug-likeness (QED) is 0.428. The van der Waals surface area contributed by atoms with Crippen LogP contribution >= 0.6 is 0 Å². The second kappa shape index (κ2) is 11.7. The van der Waals surface area contributed by atoms with Crippen molar-refractivity contribution in [3.63, 3.8) is 0 Å². The van der Waals surface area contributed by atoms with Crippen LogP contribution in [-0.2, 0) is 9.59 Å². The molecule has 0 aromatic heterocycles. The molecule has 0 saturated carbocycles. The number of benzene rings is 1. The van der Waals surface area contributed by atoms with E-state index in [1.54, 1.807) is 12.1 Å². The summed E-state index contributed by atoms with van der Waals surface area (Å²) in [4.78, 5) is 39.8. The molecule has 0 unspecified atom stereocenters. The van der Waals surface area contributed by atoms with Crippen molar-refractivity contribution in [3.05, 3.63) is 29.3 Å². The first-order valence-corrected chi connectivity index (χ1v) is 12.6. The van der Waals surface area contributed by atoms with Crippen molar-refractivity contribution < 1.29 is 24.6 Å². The van der Waals surface area contributed by atoms with Crippen LogP contribution in [-0.4, -0.2) is 69.5 Å². The first-order valence-electron chi connectivity index (χ1n) is 12.6. The molecule has 2 saturated heterocycles. The largest absolute Gasteiger partial charge is 0.507 e. The fraction of sp³-hybridized carbons (Fsp3) is 0.654. The van der Waals surface area contributed by atoms with E-state index in [0.717, 1.165) is 50.6 Å². The number of aliphatic carboxylic acids is 1. The Bertz CT molecular complexity index is 871. The number of carboxylic acids is 1. The van der Waals surface area contributed by atoms with Gasteiger partial charge in [-0.2, -0.15) is 0 Å². The van der Waals surface area contributed by atoms with Gasteiger partial charge in [0.25, 0.3) is 5.91 Å². The number of aromatic hydroxyl groups is 1. The van der Waals surface area contributed by atoms with E-state index in [-0.39, 0.29) is 36.0 Å². The highest BCUT2D eigenvalue weighted by molar-refractivity contribution is 5.96. The molecule has 2 amide bonds. The second-order valence-electron chi connectivity index (χ2n) is 9.81. The summed E-state index contributed by atoms with van der Waals surface area (Å²) in [5.41, 5.74) is 6.38. The van der Waals surface area contributed by atoms with Crippen LogP contribution in [0.2, 0.25) is 0 Å². The molecule has 2 heterocycles. The Morgan fingerprint density at radius 3 is 2.32 bits per heavy atom. The van der Waals surface area contributed by atoms with E-state index >= 15 is 0 Å². The smallest absolute Gasteiger partial charge is 0.303 e. The number of piperidine rings is 1. The first-order chi connectivity index (χ1) is 16.2. The molecule has 2 bridgehead atoms. The predicted octanol–water partition coefficient (Wildman–Crippen LogP) is 3.33. The zero-order chi connectivity index (χ0) is 24.8. The molecule has 3 atom stereocenters. The summed E-state index contributed by atoms with van der Waals surface area (Å²) >= 11 is 0. The topological polar surface area (TPSA) is 124 Å². The van der Waals surface area contributed by atoms with E-state index < -0.39 is 11.9 Å². The maximum Gasteiger partial charge on any atom is 0.303 e. The highest BCUT2D eigenvalue weighted by atomic mass is 16.4. The first kappa shape index (κ1) is 26.0. The molecule has 0 aliphatic carbocycles. The summed E-state index contributed by atoms with van der Waals surface area (Å²) in [6, 6.07) is 5.96. The SMILES string of the molecule is CCC(CC)CN(CCN1[C@@H]2CC[C@H]1C[C@@H](c1cccc(C(N)=O)c1O)C2)C(=O)CCC(=O)O. The fourth-order valence-electron chi connectivity index (χ4n) is 5.77. The number of carboxylic acid groups (broad SMARTS) is 1. The number of amides is 2. The normalized spacial score (nSPS) is 22.1. The average molecular weight is 474 g/mol. The van der Waals surface area contributed by atoms with Crippen molar-refractivity contribution in [1.29, 1.82) is 0 Å². The molecule has 3 rings (SSSR count). The van der Waals surface area contributed by atoms with Crippen LogP contribution in [0.4, 0.5) is 0 Å². The highest BCUT2D eigenvalue weighted by Gasteiger charge is 2.41. The lowest BCUT2D eigenvalue weighted by atomic mass is 9.83. The van der Waals surface area contributed by atoms with Gasteiger partial charge in [0.15, 0.2) is 0 Å². The Morgan fingerprint density at radius 2 is 1.76 bits per heavy atom. The minimum Gasteiger partial charge on any atom is -0.507 e. The molecule has 2 aliphatic heterocycles. The third-order valence-electron chi connectivity index (χ3n) is 7.82. The molecule has 34 heavy (non-hydrogen) atoms. The Labute approximate surface area is 202 Å². The lowest BCUT2D eigenvalue weighted by Gasteiger charge is -2.40. The van der Waals surface area contributed by atoms with Gasteiger partial charge in [-0.15, -0.1) is 0 Å². The molecule has 4 N–H and O–H groups in total. The van der Waals surface area contributed by atoms with Gasteiger partial charge < -0.3 is 20.8 Å². The number of carbonyl (C=O) groups is 3. The highest BCUT2D eigenvalue weighted by Crippen LogP contribution is 2.45. The molecule has 8 heteroatoms. The number of phenols is 1. The van der Waals surface area contributed by atoms with E-state index in [2.05, 4.69) is 18.7 Å². The monoisotopic (exact) mass is 473 g/mol. The summed E-state index contributed by atoms with van der Waals surface area (Å²) in [6.07, 6.45) is 5.83. The van der Waals surface area contributed by atoms with Crippen LogP contribution in [0.3, 0.4) is 0 Å². The molecule has 0 spiro atoms. The Hall–Kier alpha value is -2.61. The van der Waals surface area contributed by atoms with Gasteiger partial charge >= 0.3 is 5.97 Å². The molecule has 2 fully saturated rings. The Morgan fingerprint density at radius 1 is 1.12 bits per heavy atom. The van der Waals surface area contributed by atoms with Crippen molar-refractivity contribution in [1.82, 2.24) is 9.80 Å². The maximum absolute atomic E-state index is 12.8. The van der Waals surface area contributed by atoms with Gasteiger partial charge in [0.2, 0.25) is 5.91 Å². The van der Waals surface area contributed by atoms with Crippen molar-refractivity contribution in [2.45, 2.75) is 83.2 Å². The van der Waals surface area contributed by atoms with Crippen molar-refractivity contribution in [2.75, 3.05) is 19.6 Å². The summed E-state index contributed by atoms with van der Waals surface area (Å²) in [7, 11) is 0. The average Bonchev–Trinajstić information content (AvgIpc) is 3.04. The van der Waals surface area contributed by atoms with Crippen LogP contribution in [0, 0.1) is 5.92 Å². The number of fused-ring (bicyclic) bond motifs is 2. The standard InChI is InChI=1S/C26H39N3O5/c1-3-17(4-2)16-28(23(30)10-11-24(31)32)12-13-29-19-8-9-20(29)15-18(14-19)21-6-5-7-22(25(21)33)26(27)34/h5-7,17-20,33H,3-4,8-16H2,1-2H3,(H2,27,34)(H,31,32)/t18-,19+,20-. The van der Waals surface area contributed by atoms with E-state index in [9.17, 15) is 19.5 Å². The van der Waals surface area contributed by atoms with Crippen LogP contribution < -0.4 is 5.73 Å². The lowest BCUT2D eigenvalue weighted by Crippen LogP contribution is -2.47. The van der Waals surface area contributed by atoms with Gasteiger partial charge in [-0.25, -0.2) is 0 Å². The van der Waals surface area contributed by atoms with Crippen molar-refractivity contribution in [3.8, 4) is 5.75 Å². The van der Waals surface area contributed by atoms with Crippen LogP contribution in [0.1, 0.15) is 87.1 Å². The fourth-order valence-corrected chi connectivity index (χ4v) is 5.77. The minimum atomic E-state index is -0.945. The number of hydrogen-bond donors (Lipinski definition) is 3. The van der Waals surface area contributed by atoms with Crippen LogP contribution in [0.15, 0.2) is 18.2 Å². The minimum absolute atomic E-state index is 0.00762. The lowest BCUT2D eigenvalue weighted by molar-refractivity contribution is -0.141. The van der Waals surface area contributed by atoms with E-state index in [0.29, 0.717) is 31.1 Å². The molecule has 188 valence electrons. The molecule has 1 aromatic rings. The summed E-state index contributed by atoms with van der Waals surface area (Å²) in [5, 5.41) is 19.6. The zero-order valence-electron chi connectivity index (χ0n) is 20.4. The third kappa shape index (κ3) is 6.09. The van der Waals surface area contributed by atoms with E-state index in [1.807, 2.05) is 11.0 Å². The molecule has 8 nitrogen and oxygen atoms in total. The van der Waals surface area contributed by atoms with Gasteiger partial charge in [0, 0.05) is 38.1 Å². The maximum atomic E-state index is 12.8. The van der Waals surface area contributed by atoms with Crippen LogP contribution in [0.5, 0.6) is 5.75 Å². The zero-order valence-corrected chi connectivity index (χ0v) is 20.4. The molecule has 2 aliphatic rings. The second-order valence-corrected chi connectivity index (χ2v) is 9.81. The van der Waals surface area contributed by atoms with Crippen molar-refractivity contribution >= 4 is 17.8 Å². The molecule has 1 aromatic carbocycles. The predicted molar refractivity (Wildman–Crippen MR) is 130 cm³/mol. The number of nitrogens with zero attached hydrogens (tertiary/aromatic N) is 2. The summed E-state index contributed by atoms with van der Waals surface area (Å²) in [6.45, 7) is 6.30. The molecular weight excluding hydrogens is 434 g/mol. The van der Waals surface area contributed by atoms with Gasteiger partial charge in [-0.05, 0) is 49.1 Å². The Kier molecular flexibility index (Phi) is 8.94. The molecular formula is C26H39N3O5. The van der Waals surface area contributed by atoms with Gasteiger partial charge in [-0.1, -0.05) is 38.8 Å². The third-order valence-corrected chi connectivity index (χ3v) is 7.82. The van der Waals surface area contributed by atoms with Crippen molar-refractivity contribution in [2.24, 2.45) is 11.7 Å². The number of rotatable bonds is 12. The van der Waals surface area contributed by atoms with Gasteiger partial charge in [-0.3, -0.25) is 19.3 Å². The number of para-hydroxylation sites is 1. The van der Waals surface area contributed by atoms with E-state index in [1.165, 1.54) is 0 Å². The van der Waals surface area contributed by atoms with Crippen LogP contribution in [0.25, 0.3) is 0 Å². The molecule has 0 radical (unpaired) electrons. The van der Waals surface area contributed by atoms with Gasteiger partial charge in [0.05, 0.1) is 12.0 Å². The Balaban J connectivity index is 1.66. The number of carbonyl (C=O) groups excluding carboxylic acids is 2. The number of primary amides is 1. The summed E-state index contributed by atoms with van der Waals surface area (Å²) in [5.74, 6) is -1.05. The number of hydrogen-bond acceptors (Lipinski definition) is 5. The van der Waals surface area contributed by atoms with E-state index in [4.69, 9.17) is 10.8 Å². The van der Waals surface area contributed by atoms with Gasteiger partial charge in [0.1, 0.15) is 5.75 Å². The summed E-state index contributed by atoms with van der Waals surface area (Å²) < 4.78 is 0.